The second-order valence-corrected chi connectivity index (χ2v) is 3.12. The smallest absolute Gasteiger partial charge is 0.258 e. The molecule has 1 heterocycles. The molecule has 0 radical (unpaired) electrons. The summed E-state index contributed by atoms with van der Waals surface area (Å²) in [7, 11) is 0. The van der Waals surface area contributed by atoms with Crippen molar-refractivity contribution in [3.63, 3.8) is 0 Å². The molecule has 1 aromatic heterocycles. The van der Waals surface area contributed by atoms with Crippen LogP contribution in [0.3, 0.4) is 0 Å². The summed E-state index contributed by atoms with van der Waals surface area (Å²) in [5.41, 5.74) is 0.582. The molecule has 84 valence electrons. The number of nitro groups is 1. The van der Waals surface area contributed by atoms with Gasteiger partial charge in [0, 0.05) is 6.07 Å². The quantitative estimate of drug-likeness (QED) is 0.431. The third kappa shape index (κ3) is 2.46. The number of halogens is 1. The number of pyridine rings is 1. The van der Waals surface area contributed by atoms with Crippen LogP contribution in [0, 0.1) is 10.1 Å². The van der Waals surface area contributed by atoms with E-state index in [0.29, 0.717) is 16.1 Å². The van der Waals surface area contributed by atoms with E-state index in [1.165, 1.54) is 12.1 Å². The Morgan fingerprint density at radius 1 is 1.25 bits per heavy atom. The largest absolute Gasteiger partial charge is 0.278 e. The van der Waals surface area contributed by atoms with Crippen molar-refractivity contribution < 1.29 is 4.92 Å². The Hall–Kier alpha value is -1.68. The first-order chi connectivity index (χ1) is 7.68. The van der Waals surface area contributed by atoms with Crippen molar-refractivity contribution in [1.29, 1.82) is 0 Å². The molecule has 1 aromatic carbocycles. The molecule has 0 spiro atoms. The summed E-state index contributed by atoms with van der Waals surface area (Å²) >= 11 is 5.67. The van der Waals surface area contributed by atoms with Gasteiger partial charge in [0.15, 0.2) is 0 Å². The predicted molar refractivity (Wildman–Crippen MR) is 64.8 cm³/mol. The van der Waals surface area contributed by atoms with Gasteiger partial charge in [0.1, 0.15) is 5.15 Å². The maximum Gasteiger partial charge on any atom is 0.278 e. The van der Waals surface area contributed by atoms with Gasteiger partial charge in [-0.25, -0.2) is 4.98 Å². The molecule has 0 aliphatic rings. The fraction of sp³-hybridized carbons (Fsp3) is 0.182. The molecule has 2 rings (SSSR count). The van der Waals surface area contributed by atoms with Gasteiger partial charge >= 0.3 is 0 Å². The average Bonchev–Trinajstić information content (AvgIpc) is 2.30. The number of benzene rings is 1. The van der Waals surface area contributed by atoms with Gasteiger partial charge in [-0.15, -0.1) is 0 Å². The molecule has 0 aliphatic heterocycles. The third-order valence-electron chi connectivity index (χ3n) is 1.87. The van der Waals surface area contributed by atoms with E-state index in [-0.39, 0.29) is 5.69 Å². The first kappa shape index (κ1) is 12.4. The Morgan fingerprint density at radius 3 is 2.56 bits per heavy atom. The summed E-state index contributed by atoms with van der Waals surface area (Å²) < 4.78 is 0. The molecule has 0 N–H and O–H groups in total. The minimum Gasteiger partial charge on any atom is -0.258 e. The molecule has 0 bridgehead atoms. The lowest BCUT2D eigenvalue weighted by molar-refractivity contribution is -0.383. The standard InChI is InChI=1S/C9H5ClN2O2.C2H6/c10-9-5-4-6-7(11-9)2-1-3-8(6)12(13)14;1-2/h1-5H;1-2H3. The lowest BCUT2D eigenvalue weighted by atomic mass is 10.2. The number of fused-ring (bicyclic) bond motifs is 1. The first-order valence-corrected chi connectivity index (χ1v) is 5.26. The van der Waals surface area contributed by atoms with Gasteiger partial charge in [0.2, 0.25) is 0 Å². The molecule has 0 aliphatic carbocycles. The lowest BCUT2D eigenvalue weighted by Crippen LogP contribution is -1.90. The van der Waals surface area contributed by atoms with E-state index in [0.717, 1.165) is 0 Å². The number of nitro benzene ring substituents is 1. The first-order valence-electron chi connectivity index (χ1n) is 4.88. The van der Waals surface area contributed by atoms with E-state index in [1.807, 2.05) is 13.8 Å². The molecule has 0 unspecified atom stereocenters. The molecule has 16 heavy (non-hydrogen) atoms. The van der Waals surface area contributed by atoms with Crippen molar-refractivity contribution in [2.24, 2.45) is 0 Å². The van der Waals surface area contributed by atoms with Crippen molar-refractivity contribution in [1.82, 2.24) is 4.98 Å². The van der Waals surface area contributed by atoms with Crippen molar-refractivity contribution in [2.45, 2.75) is 13.8 Å². The molecule has 0 saturated heterocycles. The maximum absolute atomic E-state index is 10.6. The summed E-state index contributed by atoms with van der Waals surface area (Å²) in [4.78, 5) is 14.2. The van der Waals surface area contributed by atoms with Crippen LogP contribution < -0.4 is 0 Å². The molecule has 5 heteroatoms. The molecule has 0 saturated carbocycles. The van der Waals surface area contributed by atoms with Gasteiger partial charge in [0.25, 0.3) is 5.69 Å². The molecule has 4 nitrogen and oxygen atoms in total. The molecule has 0 fully saturated rings. The lowest BCUT2D eigenvalue weighted by Gasteiger charge is -1.98. The van der Waals surface area contributed by atoms with E-state index in [1.54, 1.807) is 18.2 Å². The van der Waals surface area contributed by atoms with Gasteiger partial charge in [-0.3, -0.25) is 10.1 Å². The second-order valence-electron chi connectivity index (χ2n) is 2.73. The van der Waals surface area contributed by atoms with Crippen LogP contribution in [0.15, 0.2) is 30.3 Å². The fourth-order valence-electron chi connectivity index (χ4n) is 1.27. The minimum absolute atomic E-state index is 0.0478. The number of nitrogens with zero attached hydrogens (tertiary/aromatic N) is 2. The van der Waals surface area contributed by atoms with Crippen molar-refractivity contribution in [2.75, 3.05) is 0 Å². The highest BCUT2D eigenvalue weighted by molar-refractivity contribution is 6.29. The van der Waals surface area contributed by atoms with Crippen LogP contribution in [-0.2, 0) is 0 Å². The fourth-order valence-corrected chi connectivity index (χ4v) is 1.43. The van der Waals surface area contributed by atoms with E-state index in [4.69, 9.17) is 11.6 Å². The normalized spacial score (nSPS) is 9.44. The number of non-ortho nitro benzene ring substituents is 1. The Bertz CT molecular complexity index is 514. The summed E-state index contributed by atoms with van der Waals surface area (Å²) in [6.07, 6.45) is 0. The Balaban J connectivity index is 0.000000606. The van der Waals surface area contributed by atoms with E-state index < -0.39 is 4.92 Å². The zero-order valence-corrected chi connectivity index (χ0v) is 9.73. The number of hydrogen-bond donors (Lipinski definition) is 0. The van der Waals surface area contributed by atoms with Gasteiger partial charge in [0.05, 0.1) is 15.8 Å². The summed E-state index contributed by atoms with van der Waals surface area (Å²) in [6.45, 7) is 4.00. The van der Waals surface area contributed by atoms with E-state index >= 15 is 0 Å². The Kier molecular flexibility index (Phi) is 4.19. The van der Waals surface area contributed by atoms with Crippen molar-refractivity contribution in [3.8, 4) is 0 Å². The number of hydrogen-bond acceptors (Lipinski definition) is 3. The molecular weight excluding hydrogens is 228 g/mol. The molecule has 0 amide bonds. The van der Waals surface area contributed by atoms with Gasteiger partial charge in [-0.2, -0.15) is 0 Å². The highest BCUT2D eigenvalue weighted by atomic mass is 35.5. The molecular formula is C11H11ClN2O2. The van der Waals surface area contributed by atoms with Crippen LogP contribution >= 0.6 is 11.6 Å². The van der Waals surface area contributed by atoms with Crippen LogP contribution in [-0.4, -0.2) is 9.91 Å². The summed E-state index contributed by atoms with van der Waals surface area (Å²) in [5.74, 6) is 0. The van der Waals surface area contributed by atoms with Crippen LogP contribution in [0.5, 0.6) is 0 Å². The van der Waals surface area contributed by atoms with Crippen LogP contribution in [0.2, 0.25) is 5.15 Å². The van der Waals surface area contributed by atoms with Gasteiger partial charge < -0.3 is 0 Å². The van der Waals surface area contributed by atoms with E-state index in [2.05, 4.69) is 4.98 Å². The maximum atomic E-state index is 10.6. The van der Waals surface area contributed by atoms with Gasteiger partial charge in [-0.1, -0.05) is 31.5 Å². The van der Waals surface area contributed by atoms with E-state index in [9.17, 15) is 10.1 Å². The van der Waals surface area contributed by atoms with Gasteiger partial charge in [-0.05, 0) is 18.2 Å². The zero-order chi connectivity index (χ0) is 12.1. The summed E-state index contributed by atoms with van der Waals surface area (Å²) in [6, 6.07) is 7.86. The predicted octanol–water partition coefficient (Wildman–Crippen LogP) is 3.82. The van der Waals surface area contributed by atoms with Crippen LogP contribution in [0.4, 0.5) is 5.69 Å². The highest BCUT2D eigenvalue weighted by Gasteiger charge is 2.11. The Labute approximate surface area is 98.0 Å². The minimum atomic E-state index is -0.433. The SMILES string of the molecule is CC.O=[N+]([O-])c1cccc2nc(Cl)ccc12. The number of aromatic nitrogens is 1. The monoisotopic (exact) mass is 238 g/mol. The molecule has 2 aromatic rings. The highest BCUT2D eigenvalue weighted by Crippen LogP contribution is 2.24. The molecule has 0 atom stereocenters. The van der Waals surface area contributed by atoms with Crippen molar-refractivity contribution >= 4 is 28.2 Å². The third-order valence-corrected chi connectivity index (χ3v) is 2.08. The summed E-state index contributed by atoms with van der Waals surface area (Å²) in [5, 5.41) is 11.5. The Morgan fingerprint density at radius 2 is 1.94 bits per heavy atom. The number of rotatable bonds is 1. The van der Waals surface area contributed by atoms with Crippen LogP contribution in [0.1, 0.15) is 13.8 Å². The zero-order valence-electron chi connectivity index (χ0n) is 8.98. The van der Waals surface area contributed by atoms with Crippen LogP contribution in [0.25, 0.3) is 10.9 Å². The van der Waals surface area contributed by atoms with Crippen molar-refractivity contribution in [3.05, 3.63) is 45.6 Å². The topological polar surface area (TPSA) is 56.0 Å². The average molecular weight is 239 g/mol. The second kappa shape index (κ2) is 5.42.